The van der Waals surface area contributed by atoms with E-state index >= 15 is 0 Å². The normalized spacial score (nSPS) is 15.8. The number of sulfonamides is 1. The average molecular weight is 374 g/mol. The number of carbonyl (C=O) groups excluding carboxylic acids is 1. The van der Waals surface area contributed by atoms with Crippen LogP contribution in [0.15, 0.2) is 23.1 Å². The van der Waals surface area contributed by atoms with Gasteiger partial charge in [-0.15, -0.1) is 0 Å². The number of hydrogen-bond donors (Lipinski definition) is 1. The first kappa shape index (κ1) is 19.2. The van der Waals surface area contributed by atoms with Crippen molar-refractivity contribution in [2.75, 3.05) is 40.3 Å². The van der Waals surface area contributed by atoms with E-state index in [9.17, 15) is 13.2 Å². The molecule has 1 fully saturated rings. The predicted octanol–water partition coefficient (Wildman–Crippen LogP) is 1.81. The van der Waals surface area contributed by atoms with Gasteiger partial charge in [-0.2, -0.15) is 4.31 Å². The molecule has 1 aromatic rings. The third-order valence-electron chi connectivity index (χ3n) is 3.95. The third kappa shape index (κ3) is 4.69. The van der Waals surface area contributed by atoms with Crippen molar-refractivity contribution in [2.24, 2.45) is 0 Å². The molecule has 2 rings (SSSR count). The van der Waals surface area contributed by atoms with Crippen molar-refractivity contribution in [1.29, 1.82) is 0 Å². The van der Waals surface area contributed by atoms with Crippen LogP contribution >= 0.6 is 11.6 Å². The lowest BCUT2D eigenvalue weighted by Crippen LogP contribution is -2.29. The Hall–Kier alpha value is -1.15. The van der Waals surface area contributed by atoms with Gasteiger partial charge in [0.15, 0.2) is 0 Å². The van der Waals surface area contributed by atoms with E-state index in [2.05, 4.69) is 5.32 Å². The van der Waals surface area contributed by atoms with Gasteiger partial charge in [0.05, 0.1) is 15.5 Å². The van der Waals surface area contributed by atoms with Gasteiger partial charge in [-0.05, 0) is 58.1 Å². The molecule has 6 nitrogen and oxygen atoms in total. The van der Waals surface area contributed by atoms with Crippen molar-refractivity contribution in [3.63, 3.8) is 0 Å². The Morgan fingerprint density at radius 1 is 1.29 bits per heavy atom. The van der Waals surface area contributed by atoms with Crippen molar-refractivity contribution >= 4 is 27.5 Å². The number of amides is 1. The molecule has 0 unspecified atom stereocenters. The van der Waals surface area contributed by atoms with Crippen LogP contribution in [0.2, 0.25) is 5.02 Å². The van der Waals surface area contributed by atoms with E-state index in [0.717, 1.165) is 25.8 Å². The molecule has 0 bridgehead atoms. The van der Waals surface area contributed by atoms with Gasteiger partial charge in [-0.3, -0.25) is 4.79 Å². The van der Waals surface area contributed by atoms with Crippen molar-refractivity contribution in [2.45, 2.75) is 24.2 Å². The quantitative estimate of drug-likeness (QED) is 0.740. The van der Waals surface area contributed by atoms with Crippen LogP contribution in [0.25, 0.3) is 0 Å². The predicted molar refractivity (Wildman–Crippen MR) is 94.9 cm³/mol. The summed E-state index contributed by atoms with van der Waals surface area (Å²) in [5.41, 5.74) is 0.196. The minimum absolute atomic E-state index is 0.118. The third-order valence-corrected chi connectivity index (χ3v) is 6.18. The Bertz CT molecular complexity index is 686. The number of carbonyl (C=O) groups is 1. The Morgan fingerprint density at radius 2 is 1.96 bits per heavy atom. The molecule has 1 N–H and O–H groups in total. The Balaban J connectivity index is 2.12. The Labute approximate surface area is 148 Å². The van der Waals surface area contributed by atoms with Gasteiger partial charge in [0.1, 0.15) is 0 Å². The van der Waals surface area contributed by atoms with Gasteiger partial charge in [0.25, 0.3) is 5.91 Å². The molecule has 0 saturated carbocycles. The molecule has 24 heavy (non-hydrogen) atoms. The Kier molecular flexibility index (Phi) is 6.62. The lowest BCUT2D eigenvalue weighted by molar-refractivity contribution is 0.0952. The van der Waals surface area contributed by atoms with E-state index in [1.165, 1.54) is 22.5 Å². The minimum atomic E-state index is -3.56. The molecule has 8 heteroatoms. The summed E-state index contributed by atoms with van der Waals surface area (Å²) in [5, 5.41) is 3.04. The van der Waals surface area contributed by atoms with Crippen molar-refractivity contribution in [1.82, 2.24) is 14.5 Å². The van der Waals surface area contributed by atoms with Gasteiger partial charge in [-0.1, -0.05) is 11.6 Å². The molecule has 1 aliphatic heterocycles. The monoisotopic (exact) mass is 373 g/mol. The van der Waals surface area contributed by atoms with E-state index < -0.39 is 10.0 Å². The summed E-state index contributed by atoms with van der Waals surface area (Å²) in [6.45, 7) is 2.42. The summed E-state index contributed by atoms with van der Waals surface area (Å²) in [6.07, 6.45) is 2.54. The lowest BCUT2D eigenvalue weighted by Gasteiger charge is -2.16. The number of benzene rings is 1. The minimum Gasteiger partial charge on any atom is -0.352 e. The van der Waals surface area contributed by atoms with Crippen LogP contribution in [0.1, 0.15) is 29.6 Å². The number of hydrogen-bond acceptors (Lipinski definition) is 4. The smallest absolute Gasteiger partial charge is 0.252 e. The van der Waals surface area contributed by atoms with E-state index in [1.54, 1.807) is 0 Å². The summed E-state index contributed by atoms with van der Waals surface area (Å²) < 4.78 is 26.7. The lowest BCUT2D eigenvalue weighted by atomic mass is 10.2. The number of nitrogens with zero attached hydrogens (tertiary/aromatic N) is 2. The fourth-order valence-electron chi connectivity index (χ4n) is 2.61. The first-order valence-corrected chi connectivity index (χ1v) is 9.87. The SMILES string of the molecule is CN(C)CCCNC(=O)c1cc(S(=O)(=O)N2CCCC2)ccc1Cl. The zero-order valence-corrected chi connectivity index (χ0v) is 15.7. The van der Waals surface area contributed by atoms with Crippen LogP contribution < -0.4 is 5.32 Å². The molecule has 1 heterocycles. The fraction of sp³-hybridized carbons (Fsp3) is 0.562. The maximum Gasteiger partial charge on any atom is 0.252 e. The standard InChI is InChI=1S/C16H24ClN3O3S/c1-19(2)9-5-8-18-16(21)14-12-13(6-7-15(14)17)24(22,23)20-10-3-4-11-20/h6-7,12H,3-5,8-11H2,1-2H3,(H,18,21). The van der Waals surface area contributed by atoms with Crippen molar-refractivity contribution in [3.8, 4) is 0 Å². The molecule has 134 valence electrons. The summed E-state index contributed by atoms with van der Waals surface area (Å²) in [4.78, 5) is 14.4. The molecule has 0 aromatic heterocycles. The van der Waals surface area contributed by atoms with Crippen LogP contribution in [0.4, 0.5) is 0 Å². The second kappa shape index (κ2) is 8.29. The van der Waals surface area contributed by atoms with E-state index in [0.29, 0.717) is 19.6 Å². The molecule has 0 aliphatic carbocycles. The highest BCUT2D eigenvalue weighted by Gasteiger charge is 2.28. The van der Waals surface area contributed by atoms with Gasteiger partial charge in [0, 0.05) is 19.6 Å². The second-order valence-corrected chi connectivity index (χ2v) is 8.51. The number of nitrogens with one attached hydrogen (secondary N) is 1. The molecule has 1 saturated heterocycles. The zero-order chi connectivity index (χ0) is 17.7. The average Bonchev–Trinajstić information content (AvgIpc) is 3.06. The van der Waals surface area contributed by atoms with Crippen LogP contribution in [0.5, 0.6) is 0 Å². The van der Waals surface area contributed by atoms with Gasteiger partial charge in [-0.25, -0.2) is 8.42 Å². The van der Waals surface area contributed by atoms with Crippen molar-refractivity contribution in [3.05, 3.63) is 28.8 Å². The number of rotatable bonds is 7. The molecular weight excluding hydrogens is 350 g/mol. The van der Waals surface area contributed by atoms with Gasteiger partial charge in [0.2, 0.25) is 10.0 Å². The summed E-state index contributed by atoms with van der Waals surface area (Å²) in [7, 11) is 0.367. The second-order valence-electron chi connectivity index (χ2n) is 6.17. The highest BCUT2D eigenvalue weighted by atomic mass is 35.5. The molecule has 0 spiro atoms. The molecule has 1 amide bonds. The first-order chi connectivity index (χ1) is 11.3. The molecule has 1 aliphatic rings. The van der Waals surface area contributed by atoms with E-state index in [-0.39, 0.29) is 21.4 Å². The van der Waals surface area contributed by atoms with Crippen LogP contribution in [-0.4, -0.2) is 63.8 Å². The maximum absolute atomic E-state index is 12.6. The fourth-order valence-corrected chi connectivity index (χ4v) is 4.36. The van der Waals surface area contributed by atoms with Crippen molar-refractivity contribution < 1.29 is 13.2 Å². The van der Waals surface area contributed by atoms with Crippen LogP contribution in [0, 0.1) is 0 Å². The molecule has 0 radical (unpaired) electrons. The largest absolute Gasteiger partial charge is 0.352 e. The highest BCUT2D eigenvalue weighted by molar-refractivity contribution is 7.89. The number of halogens is 1. The molecular formula is C16H24ClN3O3S. The van der Waals surface area contributed by atoms with Crippen LogP contribution in [0.3, 0.4) is 0 Å². The summed E-state index contributed by atoms with van der Waals surface area (Å²) in [5.74, 6) is -0.350. The summed E-state index contributed by atoms with van der Waals surface area (Å²) >= 11 is 6.09. The maximum atomic E-state index is 12.6. The molecule has 1 aromatic carbocycles. The summed E-state index contributed by atoms with van der Waals surface area (Å²) in [6, 6.07) is 4.30. The van der Waals surface area contributed by atoms with Gasteiger partial charge >= 0.3 is 0 Å². The molecule has 0 atom stereocenters. The van der Waals surface area contributed by atoms with E-state index in [1.807, 2.05) is 19.0 Å². The van der Waals surface area contributed by atoms with Crippen LogP contribution in [-0.2, 0) is 10.0 Å². The van der Waals surface area contributed by atoms with E-state index in [4.69, 9.17) is 11.6 Å². The zero-order valence-electron chi connectivity index (χ0n) is 14.1. The highest BCUT2D eigenvalue weighted by Crippen LogP contribution is 2.25. The van der Waals surface area contributed by atoms with Gasteiger partial charge < -0.3 is 10.2 Å². The Morgan fingerprint density at radius 3 is 2.58 bits per heavy atom. The first-order valence-electron chi connectivity index (χ1n) is 8.05. The topological polar surface area (TPSA) is 69.7 Å².